The van der Waals surface area contributed by atoms with Gasteiger partial charge in [-0.1, -0.05) is 0 Å². The van der Waals surface area contributed by atoms with E-state index in [1.165, 1.54) is 7.11 Å². The highest BCUT2D eigenvalue weighted by Crippen LogP contribution is 2.00. The summed E-state index contributed by atoms with van der Waals surface area (Å²) in [5, 5.41) is 17.5. The van der Waals surface area contributed by atoms with Crippen molar-refractivity contribution in [2.75, 3.05) is 7.11 Å². The van der Waals surface area contributed by atoms with Crippen molar-refractivity contribution in [3.05, 3.63) is 0 Å². The van der Waals surface area contributed by atoms with Gasteiger partial charge in [-0.2, -0.15) is 0 Å². The average Bonchev–Trinajstić information content (AvgIpc) is 2.00. The van der Waals surface area contributed by atoms with Gasteiger partial charge in [-0.3, -0.25) is 4.79 Å². The van der Waals surface area contributed by atoms with E-state index in [1.807, 2.05) is 0 Å². The van der Waals surface area contributed by atoms with Crippen LogP contribution in [0.25, 0.3) is 0 Å². The highest BCUT2D eigenvalue weighted by atomic mass is 16.5. The molecule has 0 radical (unpaired) electrons. The monoisotopic (exact) mass is 163 g/mol. The van der Waals surface area contributed by atoms with Crippen molar-refractivity contribution >= 4 is 5.97 Å². The summed E-state index contributed by atoms with van der Waals surface area (Å²) in [5.41, 5.74) is 5.11. The summed E-state index contributed by atoms with van der Waals surface area (Å²) < 4.78 is 4.69. The first-order valence-electron chi connectivity index (χ1n) is 3.20. The van der Waals surface area contributed by atoms with E-state index in [2.05, 4.69) is 4.74 Å². The molecule has 0 aliphatic heterocycles. The number of aliphatic carboxylic acids is 1. The number of rotatable bonds is 4. The number of methoxy groups -OCH3 is 1. The van der Waals surface area contributed by atoms with Crippen LogP contribution in [0.3, 0.4) is 0 Å². The quantitative estimate of drug-likeness (QED) is 0.483. The van der Waals surface area contributed by atoms with Gasteiger partial charge in [-0.25, -0.2) is 0 Å². The van der Waals surface area contributed by atoms with Crippen molar-refractivity contribution in [1.29, 1.82) is 0 Å². The zero-order valence-corrected chi connectivity index (χ0v) is 6.52. The minimum Gasteiger partial charge on any atom is -0.480 e. The first-order chi connectivity index (χ1) is 5.00. The maximum Gasteiger partial charge on any atom is 0.323 e. The van der Waals surface area contributed by atoms with E-state index in [0.717, 1.165) is 0 Å². The van der Waals surface area contributed by atoms with Crippen LogP contribution in [0.4, 0.5) is 0 Å². The van der Waals surface area contributed by atoms with Crippen LogP contribution in [0.1, 0.15) is 6.92 Å². The maximum atomic E-state index is 10.2. The molecule has 0 rings (SSSR count). The Morgan fingerprint density at radius 2 is 2.09 bits per heavy atom. The van der Waals surface area contributed by atoms with Crippen LogP contribution >= 0.6 is 0 Å². The van der Waals surface area contributed by atoms with Crippen LogP contribution in [0.5, 0.6) is 0 Å². The molecule has 0 spiro atoms. The molecule has 0 heterocycles. The summed E-state index contributed by atoms with van der Waals surface area (Å²) in [5.74, 6) is -1.23. The minimum atomic E-state index is -1.29. The van der Waals surface area contributed by atoms with Crippen LogP contribution in [0.2, 0.25) is 0 Å². The van der Waals surface area contributed by atoms with E-state index in [0.29, 0.717) is 0 Å². The van der Waals surface area contributed by atoms with E-state index in [9.17, 15) is 4.79 Å². The van der Waals surface area contributed by atoms with Gasteiger partial charge < -0.3 is 20.7 Å². The summed E-state index contributed by atoms with van der Waals surface area (Å²) in [6.07, 6.45) is -1.74. The fourth-order valence-electron chi connectivity index (χ4n) is 0.577. The molecule has 0 aliphatic carbocycles. The molecule has 0 saturated carbocycles. The normalized spacial score (nSPS) is 18.9. The Kier molecular flexibility index (Phi) is 4.02. The Morgan fingerprint density at radius 1 is 1.64 bits per heavy atom. The average molecular weight is 163 g/mol. The Bertz CT molecular complexity index is 139. The second kappa shape index (κ2) is 4.27. The molecule has 66 valence electrons. The molecule has 0 aliphatic rings. The molecule has 0 aromatic rings. The SMILES string of the molecule is COC(C)C(O)C(N)C(=O)O. The second-order valence-corrected chi connectivity index (χ2v) is 2.30. The van der Waals surface area contributed by atoms with Crippen LogP contribution < -0.4 is 5.73 Å². The predicted octanol–water partition coefficient (Wildman–Crippen LogP) is -1.21. The van der Waals surface area contributed by atoms with Gasteiger partial charge in [-0.05, 0) is 6.92 Å². The van der Waals surface area contributed by atoms with Crippen LogP contribution in [-0.2, 0) is 9.53 Å². The van der Waals surface area contributed by atoms with Crippen LogP contribution in [0.15, 0.2) is 0 Å². The topological polar surface area (TPSA) is 92.8 Å². The first-order valence-corrected chi connectivity index (χ1v) is 3.20. The Labute approximate surface area is 64.8 Å². The van der Waals surface area contributed by atoms with Crippen molar-refractivity contribution in [2.24, 2.45) is 5.73 Å². The Hall–Kier alpha value is -0.650. The molecule has 3 unspecified atom stereocenters. The fourth-order valence-corrected chi connectivity index (χ4v) is 0.577. The van der Waals surface area contributed by atoms with E-state index in [1.54, 1.807) is 6.92 Å². The number of aliphatic hydroxyl groups excluding tert-OH is 1. The molecule has 11 heavy (non-hydrogen) atoms. The van der Waals surface area contributed by atoms with Crippen molar-refractivity contribution in [2.45, 2.75) is 25.2 Å². The molecule has 0 saturated heterocycles. The summed E-state index contributed by atoms with van der Waals surface area (Å²) in [4.78, 5) is 10.2. The number of nitrogens with two attached hydrogens (primary N) is 1. The summed E-state index contributed by atoms with van der Waals surface area (Å²) in [6, 6.07) is -1.29. The van der Waals surface area contributed by atoms with Crippen molar-refractivity contribution in [3.8, 4) is 0 Å². The zero-order valence-electron chi connectivity index (χ0n) is 6.52. The Balaban J connectivity index is 4.00. The molecule has 4 N–H and O–H groups in total. The molecular formula is C6H13NO4. The largest absolute Gasteiger partial charge is 0.480 e. The molecule has 5 nitrogen and oxygen atoms in total. The van der Waals surface area contributed by atoms with Gasteiger partial charge in [0, 0.05) is 7.11 Å². The fraction of sp³-hybridized carbons (Fsp3) is 0.833. The van der Waals surface area contributed by atoms with E-state index in [-0.39, 0.29) is 0 Å². The van der Waals surface area contributed by atoms with Gasteiger partial charge in [0.25, 0.3) is 0 Å². The van der Waals surface area contributed by atoms with Crippen LogP contribution in [-0.4, -0.2) is 41.5 Å². The second-order valence-electron chi connectivity index (χ2n) is 2.30. The lowest BCUT2D eigenvalue weighted by molar-refractivity contribution is -0.143. The van der Waals surface area contributed by atoms with Gasteiger partial charge in [0.05, 0.1) is 6.10 Å². The number of hydrogen-bond donors (Lipinski definition) is 3. The van der Waals surface area contributed by atoms with Gasteiger partial charge in [0.1, 0.15) is 12.1 Å². The van der Waals surface area contributed by atoms with Crippen molar-refractivity contribution in [3.63, 3.8) is 0 Å². The molecule has 0 amide bonds. The summed E-state index contributed by atoms with van der Waals surface area (Å²) in [6.45, 7) is 1.55. The molecule has 0 aromatic heterocycles. The minimum absolute atomic E-state index is 0.568. The highest BCUT2D eigenvalue weighted by molar-refractivity contribution is 5.73. The van der Waals surface area contributed by atoms with E-state index < -0.39 is 24.2 Å². The third-order valence-electron chi connectivity index (χ3n) is 1.51. The highest BCUT2D eigenvalue weighted by Gasteiger charge is 2.26. The van der Waals surface area contributed by atoms with Gasteiger partial charge in [0.2, 0.25) is 0 Å². The number of aliphatic hydroxyl groups is 1. The number of carboxylic acids is 1. The lowest BCUT2D eigenvalue weighted by atomic mass is 10.1. The third kappa shape index (κ3) is 2.83. The van der Waals surface area contributed by atoms with Crippen molar-refractivity contribution in [1.82, 2.24) is 0 Å². The lowest BCUT2D eigenvalue weighted by Crippen LogP contribution is -2.47. The standard InChI is InChI=1S/C6H13NO4/c1-3(11-2)5(8)4(7)6(9)10/h3-5,8H,7H2,1-2H3,(H,9,10). The van der Waals surface area contributed by atoms with E-state index >= 15 is 0 Å². The van der Waals surface area contributed by atoms with Crippen molar-refractivity contribution < 1.29 is 19.7 Å². The van der Waals surface area contributed by atoms with Crippen LogP contribution in [0, 0.1) is 0 Å². The smallest absolute Gasteiger partial charge is 0.323 e. The number of carbonyl (C=O) groups is 1. The molecule has 0 bridgehead atoms. The maximum absolute atomic E-state index is 10.2. The molecule has 0 aromatic carbocycles. The number of carboxylic acid groups (broad SMARTS) is 1. The summed E-state index contributed by atoms with van der Waals surface area (Å²) in [7, 11) is 1.38. The third-order valence-corrected chi connectivity index (χ3v) is 1.51. The number of hydrogen-bond acceptors (Lipinski definition) is 4. The number of ether oxygens (including phenoxy) is 1. The summed E-state index contributed by atoms with van der Waals surface area (Å²) >= 11 is 0. The van der Waals surface area contributed by atoms with Gasteiger partial charge >= 0.3 is 5.97 Å². The lowest BCUT2D eigenvalue weighted by Gasteiger charge is -2.20. The zero-order chi connectivity index (χ0) is 9.02. The van der Waals surface area contributed by atoms with Gasteiger partial charge in [-0.15, -0.1) is 0 Å². The molecule has 0 fully saturated rings. The first kappa shape index (κ1) is 10.3. The van der Waals surface area contributed by atoms with E-state index in [4.69, 9.17) is 15.9 Å². The molecule has 3 atom stereocenters. The molecule has 5 heteroatoms. The molecular weight excluding hydrogens is 150 g/mol. The van der Waals surface area contributed by atoms with Gasteiger partial charge in [0.15, 0.2) is 0 Å². The predicted molar refractivity (Wildman–Crippen MR) is 38.1 cm³/mol. The Morgan fingerprint density at radius 3 is 2.36 bits per heavy atom.